The summed E-state index contributed by atoms with van der Waals surface area (Å²) in [7, 11) is 0. The Balaban J connectivity index is 2.34. The van der Waals surface area contributed by atoms with Gasteiger partial charge < -0.3 is 10.5 Å². The zero-order valence-electron chi connectivity index (χ0n) is 8.77. The summed E-state index contributed by atoms with van der Waals surface area (Å²) in [5, 5.41) is 0.532. The molecule has 0 aliphatic heterocycles. The smallest absolute Gasteiger partial charge is 0.153 e. The minimum atomic E-state index is 0.532. The number of aryl methyl sites for hydroxylation is 1. The molecule has 16 heavy (non-hydrogen) atoms. The fourth-order valence-electron chi connectivity index (χ4n) is 1.38. The molecule has 1 heterocycles. The summed E-state index contributed by atoms with van der Waals surface area (Å²) in [6.45, 7) is 1.93. The van der Waals surface area contributed by atoms with Crippen LogP contribution in [0.3, 0.4) is 0 Å². The third-order valence-corrected chi connectivity index (χ3v) is 2.35. The molecular weight excluding hydrogens is 224 g/mol. The molecule has 3 nitrogen and oxygen atoms in total. The zero-order chi connectivity index (χ0) is 11.5. The van der Waals surface area contributed by atoms with Crippen LogP contribution in [-0.2, 0) is 0 Å². The Labute approximate surface area is 98.8 Å². The van der Waals surface area contributed by atoms with Crippen molar-refractivity contribution in [2.45, 2.75) is 6.92 Å². The third-order valence-electron chi connectivity index (χ3n) is 2.14. The molecule has 0 saturated carbocycles. The van der Waals surface area contributed by atoms with Crippen LogP contribution >= 0.6 is 11.6 Å². The monoisotopic (exact) mass is 234 g/mol. The molecular formula is C12H11ClN2O. The Morgan fingerprint density at radius 3 is 2.81 bits per heavy atom. The van der Waals surface area contributed by atoms with Crippen LogP contribution in [0, 0.1) is 6.92 Å². The van der Waals surface area contributed by atoms with Gasteiger partial charge in [-0.25, -0.2) is 0 Å². The van der Waals surface area contributed by atoms with Crippen molar-refractivity contribution in [1.82, 2.24) is 4.98 Å². The van der Waals surface area contributed by atoms with Gasteiger partial charge in [-0.05, 0) is 18.6 Å². The van der Waals surface area contributed by atoms with Gasteiger partial charge in [0.1, 0.15) is 5.75 Å². The molecule has 2 aromatic rings. The normalized spacial score (nSPS) is 10.1. The van der Waals surface area contributed by atoms with Crippen molar-refractivity contribution < 1.29 is 4.74 Å². The first-order valence-corrected chi connectivity index (χ1v) is 5.18. The number of nitrogen functional groups attached to an aromatic ring is 1. The van der Waals surface area contributed by atoms with Gasteiger partial charge in [0.15, 0.2) is 5.75 Å². The van der Waals surface area contributed by atoms with Gasteiger partial charge in [0.2, 0.25) is 0 Å². The Morgan fingerprint density at radius 2 is 2.12 bits per heavy atom. The number of halogens is 1. The number of nitrogens with zero attached hydrogens (tertiary/aromatic N) is 1. The van der Waals surface area contributed by atoms with Crippen LogP contribution in [0.15, 0.2) is 36.7 Å². The number of para-hydroxylation sites is 1. The number of ether oxygens (including phenoxy) is 1. The SMILES string of the molecule is Cc1cccc(N)c1Oc1cncc(Cl)c1. The second-order valence-corrected chi connectivity index (χ2v) is 3.87. The number of aromatic nitrogens is 1. The van der Waals surface area contributed by atoms with Gasteiger partial charge >= 0.3 is 0 Å². The van der Waals surface area contributed by atoms with E-state index in [0.717, 1.165) is 5.56 Å². The second-order valence-electron chi connectivity index (χ2n) is 3.43. The van der Waals surface area contributed by atoms with Crippen LogP contribution < -0.4 is 10.5 Å². The van der Waals surface area contributed by atoms with Gasteiger partial charge in [-0.15, -0.1) is 0 Å². The van der Waals surface area contributed by atoms with E-state index in [2.05, 4.69) is 4.98 Å². The fourth-order valence-corrected chi connectivity index (χ4v) is 1.54. The van der Waals surface area contributed by atoms with Crippen molar-refractivity contribution in [3.05, 3.63) is 47.2 Å². The molecule has 0 unspecified atom stereocenters. The maximum Gasteiger partial charge on any atom is 0.153 e. The van der Waals surface area contributed by atoms with Gasteiger partial charge in [-0.2, -0.15) is 0 Å². The summed E-state index contributed by atoms with van der Waals surface area (Å²) in [4.78, 5) is 3.94. The maximum absolute atomic E-state index is 5.83. The van der Waals surface area contributed by atoms with Crippen LogP contribution in [0.2, 0.25) is 5.02 Å². The Bertz CT molecular complexity index is 494. The number of benzene rings is 1. The van der Waals surface area contributed by atoms with E-state index in [4.69, 9.17) is 22.1 Å². The first-order chi connectivity index (χ1) is 7.66. The molecule has 0 spiro atoms. The summed E-state index contributed by atoms with van der Waals surface area (Å²) in [5.74, 6) is 1.22. The molecule has 1 aromatic carbocycles. The topological polar surface area (TPSA) is 48.1 Å². The van der Waals surface area contributed by atoms with Crippen molar-refractivity contribution in [3.8, 4) is 11.5 Å². The lowest BCUT2D eigenvalue weighted by Crippen LogP contribution is -1.94. The lowest BCUT2D eigenvalue weighted by Gasteiger charge is -2.10. The Hall–Kier alpha value is -1.74. The van der Waals surface area contributed by atoms with Crippen molar-refractivity contribution in [1.29, 1.82) is 0 Å². The molecule has 0 saturated heterocycles. The molecule has 0 amide bonds. The van der Waals surface area contributed by atoms with Crippen LogP contribution in [0.1, 0.15) is 5.56 Å². The number of anilines is 1. The van der Waals surface area contributed by atoms with Gasteiger partial charge in [0.25, 0.3) is 0 Å². The number of pyridine rings is 1. The highest BCUT2D eigenvalue weighted by molar-refractivity contribution is 6.30. The molecule has 82 valence electrons. The average Bonchev–Trinajstić information content (AvgIpc) is 2.24. The highest BCUT2D eigenvalue weighted by atomic mass is 35.5. The van der Waals surface area contributed by atoms with Crippen LogP contribution in [0.5, 0.6) is 11.5 Å². The van der Waals surface area contributed by atoms with E-state index in [1.54, 1.807) is 24.5 Å². The lowest BCUT2D eigenvalue weighted by atomic mass is 10.2. The van der Waals surface area contributed by atoms with E-state index >= 15 is 0 Å². The number of rotatable bonds is 2. The predicted octanol–water partition coefficient (Wildman–Crippen LogP) is 3.42. The summed E-state index contributed by atoms with van der Waals surface area (Å²) < 4.78 is 5.65. The molecule has 1 aromatic heterocycles. The van der Waals surface area contributed by atoms with E-state index < -0.39 is 0 Å². The fraction of sp³-hybridized carbons (Fsp3) is 0.0833. The summed E-state index contributed by atoms with van der Waals surface area (Å²) in [6, 6.07) is 7.30. The van der Waals surface area contributed by atoms with E-state index in [1.165, 1.54) is 0 Å². The van der Waals surface area contributed by atoms with Crippen LogP contribution in [0.4, 0.5) is 5.69 Å². The van der Waals surface area contributed by atoms with Crippen LogP contribution in [0.25, 0.3) is 0 Å². The summed E-state index contributed by atoms with van der Waals surface area (Å²) in [5.41, 5.74) is 7.40. The molecule has 2 rings (SSSR count). The quantitative estimate of drug-likeness (QED) is 0.810. The first kappa shape index (κ1) is 10.8. The van der Waals surface area contributed by atoms with Crippen molar-refractivity contribution in [3.63, 3.8) is 0 Å². The molecule has 0 fully saturated rings. The standard InChI is InChI=1S/C12H11ClN2O/c1-8-3-2-4-11(14)12(8)16-10-5-9(13)6-15-7-10/h2-7H,14H2,1H3. The highest BCUT2D eigenvalue weighted by Crippen LogP contribution is 2.31. The van der Waals surface area contributed by atoms with Gasteiger partial charge in [0.05, 0.1) is 16.9 Å². The number of nitrogens with two attached hydrogens (primary N) is 1. The minimum Gasteiger partial charge on any atom is -0.453 e. The Morgan fingerprint density at radius 1 is 1.31 bits per heavy atom. The van der Waals surface area contributed by atoms with Crippen molar-refractivity contribution >= 4 is 17.3 Å². The summed E-state index contributed by atoms with van der Waals surface area (Å²) >= 11 is 5.82. The molecule has 0 aliphatic rings. The second kappa shape index (κ2) is 4.41. The molecule has 0 atom stereocenters. The molecule has 2 N–H and O–H groups in total. The largest absolute Gasteiger partial charge is 0.453 e. The zero-order valence-corrected chi connectivity index (χ0v) is 9.53. The summed E-state index contributed by atoms with van der Waals surface area (Å²) in [6.07, 6.45) is 3.15. The van der Waals surface area contributed by atoms with E-state index in [9.17, 15) is 0 Å². The molecule has 0 radical (unpaired) electrons. The highest BCUT2D eigenvalue weighted by Gasteiger charge is 2.05. The molecule has 0 aliphatic carbocycles. The van der Waals surface area contributed by atoms with Gasteiger partial charge in [-0.3, -0.25) is 4.98 Å². The van der Waals surface area contributed by atoms with Crippen LogP contribution in [-0.4, -0.2) is 4.98 Å². The van der Waals surface area contributed by atoms with Crippen molar-refractivity contribution in [2.75, 3.05) is 5.73 Å². The maximum atomic E-state index is 5.83. The predicted molar refractivity (Wildman–Crippen MR) is 64.9 cm³/mol. The third kappa shape index (κ3) is 2.25. The van der Waals surface area contributed by atoms with Crippen molar-refractivity contribution in [2.24, 2.45) is 0 Å². The number of hydrogen-bond donors (Lipinski definition) is 1. The average molecular weight is 235 g/mol. The van der Waals surface area contributed by atoms with E-state index in [0.29, 0.717) is 22.2 Å². The van der Waals surface area contributed by atoms with E-state index in [-0.39, 0.29) is 0 Å². The Kier molecular flexibility index (Phi) is 2.97. The van der Waals surface area contributed by atoms with E-state index in [1.807, 2.05) is 19.1 Å². The number of hydrogen-bond acceptors (Lipinski definition) is 3. The minimum absolute atomic E-state index is 0.532. The molecule has 4 heteroatoms. The first-order valence-electron chi connectivity index (χ1n) is 4.80. The van der Waals surface area contributed by atoms with Gasteiger partial charge in [0, 0.05) is 12.3 Å². The van der Waals surface area contributed by atoms with Gasteiger partial charge in [-0.1, -0.05) is 23.7 Å². The molecule has 0 bridgehead atoms. The lowest BCUT2D eigenvalue weighted by molar-refractivity contribution is 0.479.